The third-order valence-corrected chi connectivity index (χ3v) is 6.03. The van der Waals surface area contributed by atoms with Crippen molar-refractivity contribution in [1.82, 2.24) is 9.88 Å². The van der Waals surface area contributed by atoms with Gasteiger partial charge < -0.3 is 20.4 Å². The zero-order valence-electron chi connectivity index (χ0n) is 17.2. The van der Waals surface area contributed by atoms with Crippen LogP contribution in [0.4, 0.5) is 0 Å². The van der Waals surface area contributed by atoms with Gasteiger partial charge in [-0.05, 0) is 60.7 Å². The van der Waals surface area contributed by atoms with E-state index in [2.05, 4.69) is 17.1 Å². The molecular weight excluding hydrogens is 378 g/mol. The number of hydrogen-bond donors (Lipinski definition) is 2. The molecule has 30 heavy (non-hydrogen) atoms. The number of carbonyl (C=O) groups is 2. The third kappa shape index (κ3) is 4.03. The molecule has 1 aliphatic rings. The van der Waals surface area contributed by atoms with Gasteiger partial charge in [-0.25, -0.2) is 0 Å². The number of amides is 2. The Balaban J connectivity index is 1.53. The summed E-state index contributed by atoms with van der Waals surface area (Å²) in [6.45, 7) is 1.21. The van der Waals surface area contributed by atoms with Crippen molar-refractivity contribution in [2.45, 2.75) is 25.7 Å². The van der Waals surface area contributed by atoms with Crippen LogP contribution in [0.15, 0.2) is 48.5 Å². The summed E-state index contributed by atoms with van der Waals surface area (Å²) in [5.41, 5.74) is 9.72. The Morgan fingerprint density at radius 2 is 1.80 bits per heavy atom. The van der Waals surface area contributed by atoms with Gasteiger partial charge in [-0.2, -0.15) is 0 Å². The van der Waals surface area contributed by atoms with E-state index in [9.17, 15) is 9.59 Å². The fraction of sp³-hybridized carbons (Fsp3) is 0.333. The van der Waals surface area contributed by atoms with Gasteiger partial charge in [0.2, 0.25) is 11.8 Å². The Morgan fingerprint density at radius 1 is 1.10 bits per heavy atom. The van der Waals surface area contributed by atoms with Crippen molar-refractivity contribution in [2.24, 2.45) is 11.7 Å². The van der Waals surface area contributed by atoms with E-state index in [4.69, 9.17) is 10.5 Å². The van der Waals surface area contributed by atoms with Crippen LogP contribution in [-0.4, -0.2) is 41.9 Å². The number of nitrogens with two attached hydrogens (primary N) is 1. The number of nitrogens with zero attached hydrogens (tertiary/aromatic N) is 1. The molecule has 6 heteroatoms. The molecule has 4 rings (SSSR count). The van der Waals surface area contributed by atoms with Crippen LogP contribution in [0.25, 0.3) is 22.2 Å². The second kappa shape index (κ2) is 8.61. The molecule has 2 aromatic carbocycles. The molecule has 0 atom stereocenters. The molecule has 2 heterocycles. The number of likely N-dealkylation sites (tertiary alicyclic amines) is 1. The van der Waals surface area contributed by atoms with Gasteiger partial charge in [0, 0.05) is 42.0 Å². The molecule has 156 valence electrons. The van der Waals surface area contributed by atoms with Crippen LogP contribution in [0, 0.1) is 5.92 Å². The fourth-order valence-electron chi connectivity index (χ4n) is 4.27. The molecule has 1 aromatic heterocycles. The number of piperidine rings is 1. The van der Waals surface area contributed by atoms with E-state index in [1.807, 2.05) is 41.3 Å². The summed E-state index contributed by atoms with van der Waals surface area (Å²) < 4.78 is 5.27. The molecule has 0 bridgehead atoms. The van der Waals surface area contributed by atoms with Crippen LogP contribution >= 0.6 is 0 Å². The Hall–Kier alpha value is -3.28. The Kier molecular flexibility index (Phi) is 5.74. The number of rotatable bonds is 6. The number of para-hydroxylation sites is 1. The summed E-state index contributed by atoms with van der Waals surface area (Å²) in [5.74, 6) is 0.573. The first-order valence-electron chi connectivity index (χ1n) is 10.4. The maximum absolute atomic E-state index is 12.8. The first-order valence-corrected chi connectivity index (χ1v) is 10.4. The number of fused-ring (bicyclic) bond motifs is 1. The lowest BCUT2D eigenvalue weighted by molar-refractivity contribution is -0.134. The molecular formula is C24H27N3O3. The molecule has 1 aliphatic heterocycles. The molecule has 0 aliphatic carbocycles. The van der Waals surface area contributed by atoms with Crippen molar-refractivity contribution in [3.05, 3.63) is 54.1 Å². The van der Waals surface area contributed by atoms with Crippen LogP contribution in [0.1, 0.15) is 24.8 Å². The molecule has 2 amide bonds. The lowest BCUT2D eigenvalue weighted by atomic mass is 9.95. The van der Waals surface area contributed by atoms with Gasteiger partial charge in [-0.1, -0.05) is 18.2 Å². The van der Waals surface area contributed by atoms with Gasteiger partial charge in [0.25, 0.3) is 0 Å². The Labute approximate surface area is 176 Å². The SMILES string of the molecule is COc1ccc(-c2[nH]c3ccccc3c2CCC(=O)N2CCC(C(N)=O)CC2)cc1. The number of methoxy groups -OCH3 is 1. The number of carbonyl (C=O) groups excluding carboxylic acids is 2. The second-order valence-electron chi connectivity index (χ2n) is 7.81. The van der Waals surface area contributed by atoms with Gasteiger partial charge in [0.05, 0.1) is 7.11 Å². The lowest BCUT2D eigenvalue weighted by Crippen LogP contribution is -2.41. The molecule has 1 saturated heterocycles. The molecule has 1 fully saturated rings. The van der Waals surface area contributed by atoms with Gasteiger partial charge >= 0.3 is 0 Å². The zero-order chi connectivity index (χ0) is 21.1. The van der Waals surface area contributed by atoms with Crippen LogP contribution < -0.4 is 10.5 Å². The van der Waals surface area contributed by atoms with Gasteiger partial charge in [0.1, 0.15) is 5.75 Å². The number of aryl methyl sites for hydroxylation is 1. The summed E-state index contributed by atoms with van der Waals surface area (Å²) in [5, 5.41) is 1.14. The lowest BCUT2D eigenvalue weighted by Gasteiger charge is -2.30. The minimum Gasteiger partial charge on any atom is -0.497 e. The summed E-state index contributed by atoms with van der Waals surface area (Å²) in [4.78, 5) is 29.6. The number of primary amides is 1. The van der Waals surface area contributed by atoms with E-state index in [0.717, 1.165) is 33.5 Å². The molecule has 6 nitrogen and oxygen atoms in total. The molecule has 0 radical (unpaired) electrons. The topological polar surface area (TPSA) is 88.4 Å². The standard InChI is InChI=1S/C24H27N3O3/c1-30-18-8-6-16(7-9-18)23-20(19-4-2-3-5-21(19)26-23)10-11-22(28)27-14-12-17(13-15-27)24(25)29/h2-9,17,26H,10-15H2,1H3,(H2,25,29). The number of ether oxygens (including phenoxy) is 1. The largest absolute Gasteiger partial charge is 0.497 e. The monoisotopic (exact) mass is 405 g/mol. The van der Waals surface area contributed by atoms with Gasteiger partial charge in [0.15, 0.2) is 0 Å². The first-order chi connectivity index (χ1) is 14.6. The van der Waals surface area contributed by atoms with Crippen molar-refractivity contribution in [3.63, 3.8) is 0 Å². The van der Waals surface area contributed by atoms with Crippen molar-refractivity contribution in [3.8, 4) is 17.0 Å². The number of benzene rings is 2. The van der Waals surface area contributed by atoms with E-state index < -0.39 is 0 Å². The van der Waals surface area contributed by atoms with Crippen molar-refractivity contribution in [1.29, 1.82) is 0 Å². The van der Waals surface area contributed by atoms with Crippen LogP contribution in [0.3, 0.4) is 0 Å². The summed E-state index contributed by atoms with van der Waals surface area (Å²) >= 11 is 0. The van der Waals surface area contributed by atoms with Crippen molar-refractivity contribution >= 4 is 22.7 Å². The van der Waals surface area contributed by atoms with E-state index in [-0.39, 0.29) is 17.7 Å². The third-order valence-electron chi connectivity index (χ3n) is 6.03. The second-order valence-corrected chi connectivity index (χ2v) is 7.81. The average molecular weight is 405 g/mol. The Morgan fingerprint density at radius 3 is 2.47 bits per heavy atom. The van der Waals surface area contributed by atoms with Gasteiger partial charge in [-0.3, -0.25) is 9.59 Å². The molecule has 3 N–H and O–H groups in total. The predicted molar refractivity (Wildman–Crippen MR) is 117 cm³/mol. The quantitative estimate of drug-likeness (QED) is 0.658. The Bertz CT molecular complexity index is 1050. The predicted octanol–water partition coefficient (Wildman–Crippen LogP) is 3.50. The van der Waals surface area contributed by atoms with E-state index in [1.54, 1.807) is 7.11 Å². The highest BCUT2D eigenvalue weighted by Crippen LogP contribution is 2.32. The summed E-state index contributed by atoms with van der Waals surface area (Å²) in [6, 6.07) is 16.1. The first kappa shape index (κ1) is 20.0. The molecule has 0 unspecified atom stereocenters. The molecule has 0 saturated carbocycles. The molecule has 0 spiro atoms. The number of nitrogens with one attached hydrogen (secondary N) is 1. The number of aromatic amines is 1. The van der Waals surface area contributed by atoms with Crippen LogP contribution in [-0.2, 0) is 16.0 Å². The molecule has 3 aromatic rings. The minimum atomic E-state index is -0.259. The highest BCUT2D eigenvalue weighted by Gasteiger charge is 2.26. The fourth-order valence-corrected chi connectivity index (χ4v) is 4.27. The van der Waals surface area contributed by atoms with E-state index in [0.29, 0.717) is 38.8 Å². The van der Waals surface area contributed by atoms with Gasteiger partial charge in [-0.15, -0.1) is 0 Å². The van der Waals surface area contributed by atoms with E-state index in [1.165, 1.54) is 0 Å². The number of H-pyrrole nitrogens is 1. The highest BCUT2D eigenvalue weighted by atomic mass is 16.5. The van der Waals surface area contributed by atoms with Crippen molar-refractivity contribution < 1.29 is 14.3 Å². The van der Waals surface area contributed by atoms with Crippen molar-refractivity contribution in [2.75, 3.05) is 20.2 Å². The maximum Gasteiger partial charge on any atom is 0.222 e. The number of aromatic nitrogens is 1. The van der Waals surface area contributed by atoms with Crippen LogP contribution in [0.5, 0.6) is 5.75 Å². The zero-order valence-corrected chi connectivity index (χ0v) is 17.2. The average Bonchev–Trinajstić information content (AvgIpc) is 3.16. The minimum absolute atomic E-state index is 0.107. The highest BCUT2D eigenvalue weighted by molar-refractivity contribution is 5.91. The summed E-state index contributed by atoms with van der Waals surface area (Å²) in [6.07, 6.45) is 2.41. The summed E-state index contributed by atoms with van der Waals surface area (Å²) in [7, 11) is 1.65. The normalized spacial score (nSPS) is 14.8. The van der Waals surface area contributed by atoms with E-state index >= 15 is 0 Å². The number of hydrogen-bond acceptors (Lipinski definition) is 3. The smallest absolute Gasteiger partial charge is 0.222 e. The maximum atomic E-state index is 12.8. The van der Waals surface area contributed by atoms with Crippen LogP contribution in [0.2, 0.25) is 0 Å².